The summed E-state index contributed by atoms with van der Waals surface area (Å²) in [6, 6.07) is 20.6. The van der Waals surface area contributed by atoms with Gasteiger partial charge in [-0.1, -0.05) is 18.2 Å². The number of aromatic nitrogens is 2. The molecule has 0 aliphatic heterocycles. The quantitative estimate of drug-likeness (QED) is 0.327. The zero-order valence-corrected chi connectivity index (χ0v) is 18.6. The number of anilines is 2. The third-order valence-electron chi connectivity index (χ3n) is 5.41. The minimum Gasteiger partial charge on any atom is -0.332 e. The van der Waals surface area contributed by atoms with Crippen LogP contribution >= 0.6 is 23.6 Å². The number of nitrogens with one attached hydrogen (secondary N) is 1. The molecular weight excluding hydrogens is 408 g/mol. The molecule has 0 saturated heterocycles. The minimum atomic E-state index is 0.647. The number of aryl methyl sites for hydroxylation is 2. The first-order chi connectivity index (χ1) is 14.5. The van der Waals surface area contributed by atoms with Crippen LogP contribution in [0.15, 0.2) is 60.7 Å². The van der Waals surface area contributed by atoms with Gasteiger partial charge in [0.25, 0.3) is 0 Å². The summed E-state index contributed by atoms with van der Waals surface area (Å²) in [5.74, 6) is 0. The van der Waals surface area contributed by atoms with E-state index in [1.54, 1.807) is 11.3 Å². The second kappa shape index (κ2) is 7.31. The van der Waals surface area contributed by atoms with E-state index in [4.69, 9.17) is 22.2 Å². The summed E-state index contributed by atoms with van der Waals surface area (Å²) in [5, 5.41) is 5.11. The highest BCUT2D eigenvalue weighted by molar-refractivity contribution is 7.80. The van der Waals surface area contributed by atoms with Crippen LogP contribution in [0.3, 0.4) is 0 Å². The van der Waals surface area contributed by atoms with E-state index in [-0.39, 0.29) is 0 Å². The summed E-state index contributed by atoms with van der Waals surface area (Å²) in [6.07, 6.45) is 0. The topological polar surface area (TPSA) is 41.0 Å². The van der Waals surface area contributed by atoms with Crippen LogP contribution < -0.4 is 10.2 Å². The van der Waals surface area contributed by atoms with Gasteiger partial charge in [0.15, 0.2) is 5.11 Å². The van der Waals surface area contributed by atoms with Crippen molar-refractivity contribution in [1.29, 1.82) is 0 Å². The van der Waals surface area contributed by atoms with E-state index in [1.165, 1.54) is 15.8 Å². The first-order valence-electron chi connectivity index (χ1n) is 9.70. The Bertz CT molecular complexity index is 1440. The van der Waals surface area contributed by atoms with Crippen LogP contribution in [0.5, 0.6) is 0 Å². The van der Waals surface area contributed by atoms with Crippen LogP contribution in [0.25, 0.3) is 31.5 Å². The van der Waals surface area contributed by atoms with Crippen LogP contribution in [0.4, 0.5) is 11.4 Å². The summed E-state index contributed by atoms with van der Waals surface area (Å²) >= 11 is 7.33. The Morgan fingerprint density at radius 1 is 0.933 bits per heavy atom. The Kier molecular flexibility index (Phi) is 4.60. The molecule has 3 aromatic carbocycles. The summed E-state index contributed by atoms with van der Waals surface area (Å²) in [4.78, 5) is 12.6. The van der Waals surface area contributed by atoms with Crippen molar-refractivity contribution in [3.8, 4) is 0 Å². The molecule has 0 atom stereocenters. The minimum absolute atomic E-state index is 0.647. The zero-order chi connectivity index (χ0) is 20.8. The van der Waals surface area contributed by atoms with Gasteiger partial charge in [-0.2, -0.15) is 0 Å². The number of thiophene rings is 1. The molecule has 148 valence electrons. The normalized spacial score (nSPS) is 11.3. The van der Waals surface area contributed by atoms with Crippen molar-refractivity contribution in [2.24, 2.45) is 0 Å². The van der Waals surface area contributed by atoms with E-state index in [0.717, 1.165) is 38.1 Å². The average Bonchev–Trinajstić information content (AvgIpc) is 3.10. The predicted octanol–water partition coefficient (Wildman–Crippen LogP) is 6.45. The number of para-hydroxylation sites is 2. The van der Waals surface area contributed by atoms with Gasteiger partial charge in [0.05, 0.1) is 11.0 Å². The maximum absolute atomic E-state index is 5.67. The molecule has 0 radical (unpaired) electrons. The standard InChI is InChI=1S/C24H20N4S2/c1-14-8-10-17(12-15(14)2)28(3)24(29)25-16-9-11-21-18(13-16)22-23(30-21)27-20-7-5-4-6-19(20)26-22/h4-13H,1-3H3,(H,25,29). The Hall–Kier alpha value is -3.09. The molecule has 0 aliphatic carbocycles. The summed E-state index contributed by atoms with van der Waals surface area (Å²) in [6.45, 7) is 4.23. The lowest BCUT2D eigenvalue weighted by molar-refractivity contribution is 1.24. The smallest absolute Gasteiger partial charge is 0.177 e. The van der Waals surface area contributed by atoms with Crippen LogP contribution in [-0.4, -0.2) is 22.1 Å². The van der Waals surface area contributed by atoms with E-state index < -0.39 is 0 Å². The van der Waals surface area contributed by atoms with Gasteiger partial charge >= 0.3 is 0 Å². The number of hydrogen-bond acceptors (Lipinski definition) is 4. The molecule has 30 heavy (non-hydrogen) atoms. The van der Waals surface area contributed by atoms with Gasteiger partial charge in [0.2, 0.25) is 0 Å². The van der Waals surface area contributed by atoms with E-state index in [2.05, 4.69) is 55.6 Å². The van der Waals surface area contributed by atoms with Crippen molar-refractivity contribution >= 4 is 71.5 Å². The van der Waals surface area contributed by atoms with Crippen molar-refractivity contribution in [1.82, 2.24) is 9.97 Å². The van der Waals surface area contributed by atoms with Crippen molar-refractivity contribution in [3.63, 3.8) is 0 Å². The predicted molar refractivity (Wildman–Crippen MR) is 133 cm³/mol. The second-order valence-corrected chi connectivity index (χ2v) is 8.85. The average molecular weight is 429 g/mol. The van der Waals surface area contributed by atoms with Gasteiger partial charge in [-0.15, -0.1) is 11.3 Å². The molecule has 5 aromatic rings. The third kappa shape index (κ3) is 3.28. The van der Waals surface area contributed by atoms with Gasteiger partial charge in [0.1, 0.15) is 10.3 Å². The first kappa shape index (κ1) is 18.9. The van der Waals surface area contributed by atoms with Gasteiger partial charge in [-0.3, -0.25) is 0 Å². The van der Waals surface area contributed by atoms with Crippen LogP contribution in [0.2, 0.25) is 0 Å². The molecule has 5 rings (SSSR count). The third-order valence-corrected chi connectivity index (χ3v) is 6.84. The fourth-order valence-corrected chi connectivity index (χ4v) is 4.70. The lowest BCUT2D eigenvalue weighted by atomic mass is 10.1. The van der Waals surface area contributed by atoms with Crippen LogP contribution in [0.1, 0.15) is 11.1 Å². The number of hydrogen-bond donors (Lipinski definition) is 1. The molecule has 0 saturated carbocycles. The van der Waals surface area contributed by atoms with Crippen molar-refractivity contribution in [3.05, 3.63) is 71.8 Å². The number of thiocarbonyl (C=S) groups is 1. The van der Waals surface area contributed by atoms with Gasteiger partial charge in [0, 0.05) is 28.5 Å². The molecule has 0 unspecified atom stereocenters. The maximum Gasteiger partial charge on any atom is 0.177 e. The van der Waals surface area contributed by atoms with Gasteiger partial charge in [-0.25, -0.2) is 9.97 Å². The van der Waals surface area contributed by atoms with Crippen molar-refractivity contribution < 1.29 is 0 Å². The van der Waals surface area contributed by atoms with Crippen molar-refractivity contribution in [2.45, 2.75) is 13.8 Å². The molecule has 0 aliphatic rings. The van der Waals surface area contributed by atoms with Gasteiger partial charge < -0.3 is 10.2 Å². The highest BCUT2D eigenvalue weighted by atomic mass is 32.1. The maximum atomic E-state index is 5.67. The monoisotopic (exact) mass is 428 g/mol. The molecule has 0 spiro atoms. The summed E-state index contributed by atoms with van der Waals surface area (Å²) in [7, 11) is 1.98. The van der Waals surface area contributed by atoms with E-state index in [1.807, 2.05) is 36.2 Å². The number of rotatable bonds is 2. The SMILES string of the molecule is Cc1ccc(N(C)C(=S)Nc2ccc3sc4nc5ccccc5nc4c3c2)cc1C. The Morgan fingerprint density at radius 3 is 2.47 bits per heavy atom. The van der Waals surface area contributed by atoms with Crippen molar-refractivity contribution in [2.75, 3.05) is 17.3 Å². The lowest BCUT2D eigenvalue weighted by Gasteiger charge is -2.22. The van der Waals surface area contributed by atoms with E-state index in [9.17, 15) is 0 Å². The molecule has 0 fully saturated rings. The molecule has 0 amide bonds. The molecular formula is C24H20N4S2. The van der Waals surface area contributed by atoms with Crippen LogP contribution in [0, 0.1) is 13.8 Å². The largest absolute Gasteiger partial charge is 0.332 e. The number of fused-ring (bicyclic) bond motifs is 4. The second-order valence-electron chi connectivity index (χ2n) is 7.44. The fraction of sp³-hybridized carbons (Fsp3) is 0.125. The fourth-order valence-electron chi connectivity index (χ4n) is 3.48. The summed E-state index contributed by atoms with van der Waals surface area (Å²) in [5.41, 5.74) is 7.30. The number of benzene rings is 3. The Morgan fingerprint density at radius 2 is 1.70 bits per heavy atom. The Labute approximate surface area is 184 Å². The highest BCUT2D eigenvalue weighted by Crippen LogP contribution is 2.34. The Balaban J connectivity index is 1.49. The number of nitrogens with zero attached hydrogens (tertiary/aromatic N) is 3. The van der Waals surface area contributed by atoms with Gasteiger partial charge in [-0.05, 0) is 79.7 Å². The molecule has 1 N–H and O–H groups in total. The molecule has 2 heterocycles. The first-order valence-corrected chi connectivity index (χ1v) is 10.9. The zero-order valence-electron chi connectivity index (χ0n) is 16.9. The van der Waals surface area contributed by atoms with E-state index in [0.29, 0.717) is 5.11 Å². The lowest BCUT2D eigenvalue weighted by Crippen LogP contribution is -2.30. The van der Waals surface area contributed by atoms with Crippen LogP contribution in [-0.2, 0) is 0 Å². The molecule has 2 aromatic heterocycles. The highest BCUT2D eigenvalue weighted by Gasteiger charge is 2.12. The van der Waals surface area contributed by atoms with E-state index >= 15 is 0 Å². The summed E-state index contributed by atoms with van der Waals surface area (Å²) < 4.78 is 1.17. The molecule has 4 nitrogen and oxygen atoms in total. The molecule has 6 heteroatoms. The molecule has 0 bridgehead atoms.